The molecule has 0 amide bonds. The molecule has 0 aliphatic heterocycles. The molecule has 0 atom stereocenters. The lowest BCUT2D eigenvalue weighted by molar-refractivity contribution is 1.58. The number of nitrogens with zero attached hydrogens (tertiary/aromatic N) is 1. The molecule has 2 aromatic rings. The lowest BCUT2D eigenvalue weighted by atomic mass is 10.1. The summed E-state index contributed by atoms with van der Waals surface area (Å²) in [4.78, 5) is 4.06. The van der Waals surface area contributed by atoms with Gasteiger partial charge >= 0.3 is 0 Å². The Hall–Kier alpha value is -0.770. The number of isothiocyanates is 1. The van der Waals surface area contributed by atoms with Crippen molar-refractivity contribution in [2.45, 2.75) is 0 Å². The van der Waals surface area contributed by atoms with Crippen LogP contribution in [0.1, 0.15) is 0 Å². The van der Waals surface area contributed by atoms with Crippen LogP contribution in [-0.2, 0) is 0 Å². The van der Waals surface area contributed by atoms with Crippen molar-refractivity contribution >= 4 is 56.4 Å². The second kappa shape index (κ2) is 4.17. The van der Waals surface area contributed by atoms with Crippen molar-refractivity contribution in [1.29, 1.82) is 0 Å². The fourth-order valence-corrected chi connectivity index (χ4v) is 2.31. The molecule has 0 N–H and O–H groups in total. The highest BCUT2D eigenvalue weighted by molar-refractivity contribution is 14.1. The van der Waals surface area contributed by atoms with Crippen LogP contribution in [0.2, 0.25) is 0 Å². The largest absolute Gasteiger partial charge is 0.194 e. The van der Waals surface area contributed by atoms with E-state index in [-0.39, 0.29) is 0 Å². The standard InChI is InChI=1S/C11H6INS/c12-9-5-1-3-8-4-2-6-10(11(8)9)13-7-14/h1-6H. The number of aliphatic imine (C=N–C) groups is 1. The Bertz CT molecular complexity index is 525. The minimum atomic E-state index is 0.891. The lowest BCUT2D eigenvalue weighted by Crippen LogP contribution is -1.77. The summed E-state index contributed by atoms with van der Waals surface area (Å²) in [6.45, 7) is 0. The molecule has 2 rings (SSSR count). The van der Waals surface area contributed by atoms with Gasteiger partial charge in [-0.05, 0) is 52.3 Å². The van der Waals surface area contributed by atoms with E-state index in [9.17, 15) is 0 Å². The van der Waals surface area contributed by atoms with Crippen molar-refractivity contribution in [3.63, 3.8) is 0 Å². The van der Waals surface area contributed by atoms with E-state index < -0.39 is 0 Å². The van der Waals surface area contributed by atoms with Crippen LogP contribution in [0.5, 0.6) is 0 Å². The minimum Gasteiger partial charge on any atom is -0.194 e. The van der Waals surface area contributed by atoms with Crippen LogP contribution in [0.25, 0.3) is 10.8 Å². The molecule has 0 saturated heterocycles. The normalized spacial score (nSPS) is 9.79. The molecule has 68 valence electrons. The maximum atomic E-state index is 4.62. The smallest absolute Gasteiger partial charge is 0.0828 e. The van der Waals surface area contributed by atoms with Crippen LogP contribution in [0.3, 0.4) is 0 Å². The summed E-state index contributed by atoms with van der Waals surface area (Å²) in [5.74, 6) is 0. The molecule has 1 nitrogen and oxygen atoms in total. The van der Waals surface area contributed by atoms with Gasteiger partial charge in [0.05, 0.1) is 10.8 Å². The van der Waals surface area contributed by atoms with Crippen molar-refractivity contribution < 1.29 is 0 Å². The number of hydrogen-bond donors (Lipinski definition) is 0. The van der Waals surface area contributed by atoms with Gasteiger partial charge in [0.25, 0.3) is 0 Å². The monoisotopic (exact) mass is 311 g/mol. The SMILES string of the molecule is S=C=Nc1cccc2cccc(I)c12. The van der Waals surface area contributed by atoms with E-state index in [1.165, 1.54) is 8.96 Å². The van der Waals surface area contributed by atoms with Crippen LogP contribution >= 0.6 is 34.8 Å². The second-order valence-corrected chi connectivity index (χ2v) is 4.16. The third-order valence-electron chi connectivity index (χ3n) is 2.00. The molecule has 2 aromatic carbocycles. The Morgan fingerprint density at radius 2 is 1.86 bits per heavy atom. The Morgan fingerprint density at radius 3 is 2.57 bits per heavy atom. The molecule has 0 aromatic heterocycles. The molecule has 0 aliphatic rings. The highest BCUT2D eigenvalue weighted by atomic mass is 127. The molecule has 14 heavy (non-hydrogen) atoms. The van der Waals surface area contributed by atoms with E-state index in [0.717, 1.165) is 11.1 Å². The number of hydrogen-bond acceptors (Lipinski definition) is 2. The molecule has 0 radical (unpaired) electrons. The molecule has 0 fully saturated rings. The summed E-state index contributed by atoms with van der Waals surface area (Å²) in [6, 6.07) is 12.2. The number of rotatable bonds is 1. The quantitative estimate of drug-likeness (QED) is 0.437. The molecule has 3 heteroatoms. The number of halogens is 1. The number of thiocarbonyl (C=S) groups is 1. The fraction of sp³-hybridized carbons (Fsp3) is 0. The zero-order chi connectivity index (χ0) is 9.97. The molecular weight excluding hydrogens is 305 g/mol. The third kappa shape index (κ3) is 1.71. The van der Waals surface area contributed by atoms with Crippen molar-refractivity contribution in [2.75, 3.05) is 0 Å². The highest BCUT2D eigenvalue weighted by Crippen LogP contribution is 2.29. The van der Waals surface area contributed by atoms with Crippen LogP contribution in [0.15, 0.2) is 41.4 Å². The summed E-state index contributed by atoms with van der Waals surface area (Å²) >= 11 is 6.92. The van der Waals surface area contributed by atoms with Gasteiger partial charge in [-0.3, -0.25) is 0 Å². The van der Waals surface area contributed by atoms with Gasteiger partial charge in [-0.1, -0.05) is 24.3 Å². The maximum Gasteiger partial charge on any atom is 0.0828 e. The van der Waals surface area contributed by atoms with E-state index >= 15 is 0 Å². The molecule has 0 bridgehead atoms. The van der Waals surface area contributed by atoms with Crippen molar-refractivity contribution in [3.8, 4) is 0 Å². The van der Waals surface area contributed by atoms with E-state index in [2.05, 4.69) is 63.2 Å². The predicted octanol–water partition coefficient (Wildman–Crippen LogP) is 4.18. The lowest BCUT2D eigenvalue weighted by Gasteiger charge is -2.02. The van der Waals surface area contributed by atoms with Gasteiger partial charge in [-0.15, -0.1) is 0 Å². The third-order valence-corrected chi connectivity index (χ3v) is 2.99. The summed E-state index contributed by atoms with van der Waals surface area (Å²) in [6.07, 6.45) is 0. The Morgan fingerprint density at radius 1 is 1.14 bits per heavy atom. The first kappa shape index (κ1) is 9.77. The Labute approximate surface area is 101 Å². The van der Waals surface area contributed by atoms with E-state index in [0.29, 0.717) is 0 Å². The first-order chi connectivity index (χ1) is 6.83. The molecule has 0 spiro atoms. The van der Waals surface area contributed by atoms with Gasteiger partial charge < -0.3 is 0 Å². The van der Waals surface area contributed by atoms with Crippen LogP contribution in [0.4, 0.5) is 5.69 Å². The fourth-order valence-electron chi connectivity index (χ4n) is 1.42. The van der Waals surface area contributed by atoms with Gasteiger partial charge in [-0.25, -0.2) is 0 Å². The number of benzene rings is 2. The van der Waals surface area contributed by atoms with Crippen LogP contribution in [0, 0.1) is 3.57 Å². The molecule has 0 unspecified atom stereocenters. The Kier molecular flexibility index (Phi) is 2.91. The molecule has 0 aliphatic carbocycles. The average Bonchev–Trinajstić information content (AvgIpc) is 2.19. The van der Waals surface area contributed by atoms with Gasteiger partial charge in [0, 0.05) is 8.96 Å². The second-order valence-electron chi connectivity index (χ2n) is 2.82. The summed E-state index contributed by atoms with van der Waals surface area (Å²) in [5, 5.41) is 4.74. The topological polar surface area (TPSA) is 12.4 Å². The Balaban J connectivity index is 2.90. The van der Waals surface area contributed by atoms with E-state index in [4.69, 9.17) is 0 Å². The van der Waals surface area contributed by atoms with Crippen molar-refractivity contribution in [2.24, 2.45) is 4.99 Å². The summed E-state index contributed by atoms with van der Waals surface area (Å²) in [7, 11) is 0. The molecule has 0 saturated carbocycles. The summed E-state index contributed by atoms with van der Waals surface area (Å²) in [5.41, 5.74) is 0.891. The minimum absolute atomic E-state index is 0.891. The zero-order valence-corrected chi connectivity index (χ0v) is 10.2. The molecular formula is C11H6INS. The zero-order valence-electron chi connectivity index (χ0n) is 7.20. The van der Waals surface area contributed by atoms with E-state index in [1.807, 2.05) is 18.2 Å². The first-order valence-electron chi connectivity index (χ1n) is 4.08. The first-order valence-corrected chi connectivity index (χ1v) is 5.57. The van der Waals surface area contributed by atoms with Gasteiger partial charge in [-0.2, -0.15) is 4.99 Å². The molecule has 0 heterocycles. The predicted molar refractivity (Wildman–Crippen MR) is 71.4 cm³/mol. The summed E-state index contributed by atoms with van der Waals surface area (Å²) < 4.78 is 1.18. The average molecular weight is 311 g/mol. The van der Waals surface area contributed by atoms with Crippen LogP contribution in [-0.4, -0.2) is 5.16 Å². The van der Waals surface area contributed by atoms with Gasteiger partial charge in [0.2, 0.25) is 0 Å². The van der Waals surface area contributed by atoms with Gasteiger partial charge in [0.15, 0.2) is 0 Å². The number of fused-ring (bicyclic) bond motifs is 1. The van der Waals surface area contributed by atoms with Crippen molar-refractivity contribution in [3.05, 3.63) is 40.0 Å². The van der Waals surface area contributed by atoms with Gasteiger partial charge in [0.1, 0.15) is 0 Å². The van der Waals surface area contributed by atoms with E-state index in [1.54, 1.807) is 0 Å². The highest BCUT2D eigenvalue weighted by Gasteiger charge is 2.02. The maximum absolute atomic E-state index is 4.62. The van der Waals surface area contributed by atoms with Crippen molar-refractivity contribution in [1.82, 2.24) is 0 Å². The van der Waals surface area contributed by atoms with Crippen LogP contribution < -0.4 is 0 Å².